The summed E-state index contributed by atoms with van der Waals surface area (Å²) in [7, 11) is 0. The molecule has 3 heteroatoms. The van der Waals surface area contributed by atoms with E-state index in [9.17, 15) is 4.79 Å². The van der Waals surface area contributed by atoms with E-state index in [0.717, 1.165) is 40.7 Å². The lowest BCUT2D eigenvalue weighted by molar-refractivity contribution is 0.0954. The minimum Gasteiger partial charge on any atom is -0.358 e. The summed E-state index contributed by atoms with van der Waals surface area (Å²) in [4.78, 5) is 15.5. The first-order valence-electron chi connectivity index (χ1n) is 6.42. The number of nitrogens with one attached hydrogen (secondary N) is 2. The van der Waals surface area contributed by atoms with Crippen LogP contribution in [0.25, 0.3) is 10.9 Å². The fourth-order valence-electron chi connectivity index (χ4n) is 2.46. The van der Waals surface area contributed by atoms with Gasteiger partial charge in [-0.05, 0) is 44.4 Å². The predicted molar refractivity (Wildman–Crippen MR) is 75.1 cm³/mol. The van der Waals surface area contributed by atoms with Crippen LogP contribution in [0.4, 0.5) is 0 Å². The van der Waals surface area contributed by atoms with Gasteiger partial charge in [-0.1, -0.05) is 13.0 Å². The van der Waals surface area contributed by atoms with Crippen LogP contribution in [-0.2, 0) is 0 Å². The van der Waals surface area contributed by atoms with Crippen molar-refractivity contribution < 1.29 is 4.79 Å². The Morgan fingerprint density at radius 3 is 2.67 bits per heavy atom. The molecule has 0 unspecified atom stereocenters. The maximum Gasteiger partial charge on any atom is 0.253 e. The molecular weight excluding hydrogens is 224 g/mol. The van der Waals surface area contributed by atoms with Crippen molar-refractivity contribution in [2.24, 2.45) is 0 Å². The topological polar surface area (TPSA) is 44.9 Å². The lowest BCUT2D eigenvalue weighted by Crippen LogP contribution is -2.24. The number of aromatic nitrogens is 1. The van der Waals surface area contributed by atoms with E-state index >= 15 is 0 Å². The summed E-state index contributed by atoms with van der Waals surface area (Å²) in [5.74, 6) is 0.0209. The Bertz CT molecular complexity index is 596. The van der Waals surface area contributed by atoms with Crippen molar-refractivity contribution in [1.29, 1.82) is 0 Å². The number of hydrogen-bond acceptors (Lipinski definition) is 1. The highest BCUT2D eigenvalue weighted by Gasteiger charge is 2.17. The summed E-state index contributed by atoms with van der Waals surface area (Å²) in [6.07, 6.45) is 0.950. The Labute approximate surface area is 108 Å². The molecule has 2 aromatic rings. The first-order chi connectivity index (χ1) is 8.54. The molecule has 2 rings (SSSR count). The fourth-order valence-corrected chi connectivity index (χ4v) is 2.46. The van der Waals surface area contributed by atoms with E-state index in [-0.39, 0.29) is 5.91 Å². The number of rotatable bonds is 3. The fraction of sp³-hybridized carbons (Fsp3) is 0.400. The van der Waals surface area contributed by atoms with Crippen molar-refractivity contribution in [1.82, 2.24) is 10.3 Å². The van der Waals surface area contributed by atoms with E-state index in [0.29, 0.717) is 0 Å². The molecule has 0 aliphatic heterocycles. The number of amides is 1. The number of H-pyrrole nitrogens is 1. The minimum atomic E-state index is 0.0209. The van der Waals surface area contributed by atoms with E-state index in [2.05, 4.69) is 43.2 Å². The van der Waals surface area contributed by atoms with E-state index in [4.69, 9.17) is 0 Å². The maximum absolute atomic E-state index is 12.2. The van der Waals surface area contributed by atoms with Gasteiger partial charge in [-0.15, -0.1) is 0 Å². The molecule has 0 spiro atoms. The normalized spacial score (nSPS) is 10.9. The van der Waals surface area contributed by atoms with Gasteiger partial charge in [0.2, 0.25) is 0 Å². The zero-order chi connectivity index (χ0) is 13.3. The van der Waals surface area contributed by atoms with Crippen molar-refractivity contribution in [3.8, 4) is 0 Å². The van der Waals surface area contributed by atoms with Crippen LogP contribution in [0, 0.1) is 20.8 Å². The number of aryl methyl sites for hydroxylation is 3. The van der Waals surface area contributed by atoms with Gasteiger partial charge in [0.1, 0.15) is 0 Å². The molecule has 1 aromatic carbocycles. The number of aromatic amines is 1. The lowest BCUT2D eigenvalue weighted by atomic mass is 10.0. The highest BCUT2D eigenvalue weighted by Crippen LogP contribution is 2.26. The molecule has 0 aliphatic carbocycles. The molecule has 3 nitrogen and oxygen atoms in total. The molecule has 1 aromatic heterocycles. The van der Waals surface area contributed by atoms with Crippen LogP contribution < -0.4 is 5.32 Å². The zero-order valence-electron chi connectivity index (χ0n) is 11.5. The van der Waals surface area contributed by atoms with Gasteiger partial charge in [-0.2, -0.15) is 0 Å². The van der Waals surface area contributed by atoms with Crippen LogP contribution in [0.5, 0.6) is 0 Å². The maximum atomic E-state index is 12.2. The standard InChI is InChI=1S/C15H20N2O/c1-5-6-16-15(18)14-11(4)17-12-8-9(2)7-10(3)13(12)14/h7-8,17H,5-6H2,1-4H3,(H,16,18). The third-order valence-corrected chi connectivity index (χ3v) is 3.19. The number of carbonyl (C=O) groups is 1. The molecule has 96 valence electrons. The number of fused-ring (bicyclic) bond motifs is 1. The molecular formula is C15H20N2O. The van der Waals surface area contributed by atoms with Crippen molar-refractivity contribution in [2.45, 2.75) is 34.1 Å². The second kappa shape index (κ2) is 4.84. The Morgan fingerprint density at radius 2 is 2.00 bits per heavy atom. The third-order valence-electron chi connectivity index (χ3n) is 3.19. The molecule has 0 aliphatic rings. The van der Waals surface area contributed by atoms with Gasteiger partial charge >= 0.3 is 0 Å². The first-order valence-corrected chi connectivity index (χ1v) is 6.42. The monoisotopic (exact) mass is 244 g/mol. The molecule has 0 saturated heterocycles. The number of carbonyl (C=O) groups excluding carboxylic acids is 1. The Hall–Kier alpha value is -1.77. The van der Waals surface area contributed by atoms with Gasteiger partial charge in [0.05, 0.1) is 5.56 Å². The van der Waals surface area contributed by atoms with Gasteiger partial charge in [0.15, 0.2) is 0 Å². The molecule has 0 radical (unpaired) electrons. The van der Waals surface area contributed by atoms with Gasteiger partial charge in [-0.3, -0.25) is 4.79 Å². The zero-order valence-corrected chi connectivity index (χ0v) is 11.5. The van der Waals surface area contributed by atoms with Crippen molar-refractivity contribution in [3.05, 3.63) is 34.5 Å². The van der Waals surface area contributed by atoms with Crippen molar-refractivity contribution in [3.63, 3.8) is 0 Å². The predicted octanol–water partition coefficient (Wildman–Crippen LogP) is 3.23. The molecule has 0 bridgehead atoms. The summed E-state index contributed by atoms with van der Waals surface area (Å²) in [6.45, 7) is 8.85. The summed E-state index contributed by atoms with van der Waals surface area (Å²) < 4.78 is 0. The van der Waals surface area contributed by atoms with Crippen LogP contribution >= 0.6 is 0 Å². The average Bonchev–Trinajstić information content (AvgIpc) is 2.62. The van der Waals surface area contributed by atoms with Crippen LogP contribution in [0.2, 0.25) is 0 Å². The Kier molecular flexibility index (Phi) is 3.41. The molecule has 0 fully saturated rings. The van der Waals surface area contributed by atoms with E-state index < -0.39 is 0 Å². The smallest absolute Gasteiger partial charge is 0.253 e. The summed E-state index contributed by atoms with van der Waals surface area (Å²) in [5, 5.41) is 4.00. The molecule has 2 N–H and O–H groups in total. The largest absolute Gasteiger partial charge is 0.358 e. The third kappa shape index (κ3) is 2.13. The lowest BCUT2D eigenvalue weighted by Gasteiger charge is -2.05. The van der Waals surface area contributed by atoms with E-state index in [1.807, 2.05) is 6.92 Å². The Balaban J connectivity index is 2.56. The summed E-state index contributed by atoms with van der Waals surface area (Å²) in [6, 6.07) is 4.21. The Morgan fingerprint density at radius 1 is 1.28 bits per heavy atom. The van der Waals surface area contributed by atoms with Crippen molar-refractivity contribution in [2.75, 3.05) is 6.54 Å². The molecule has 0 atom stereocenters. The quantitative estimate of drug-likeness (QED) is 0.855. The van der Waals surface area contributed by atoms with Crippen LogP contribution in [0.1, 0.15) is 40.5 Å². The first kappa shape index (κ1) is 12.7. The van der Waals surface area contributed by atoms with Crippen LogP contribution in [-0.4, -0.2) is 17.4 Å². The van der Waals surface area contributed by atoms with E-state index in [1.54, 1.807) is 0 Å². The molecule has 0 saturated carbocycles. The van der Waals surface area contributed by atoms with Crippen LogP contribution in [0.15, 0.2) is 12.1 Å². The second-order valence-corrected chi connectivity index (χ2v) is 4.89. The second-order valence-electron chi connectivity index (χ2n) is 4.89. The summed E-state index contributed by atoms with van der Waals surface area (Å²) in [5.41, 5.74) is 5.13. The number of benzene rings is 1. The van der Waals surface area contributed by atoms with Gasteiger partial charge < -0.3 is 10.3 Å². The highest BCUT2D eigenvalue weighted by molar-refractivity contribution is 6.09. The number of hydrogen-bond donors (Lipinski definition) is 2. The average molecular weight is 244 g/mol. The van der Waals surface area contributed by atoms with E-state index in [1.165, 1.54) is 5.56 Å². The van der Waals surface area contributed by atoms with Gasteiger partial charge in [-0.25, -0.2) is 0 Å². The van der Waals surface area contributed by atoms with Crippen molar-refractivity contribution >= 4 is 16.8 Å². The summed E-state index contributed by atoms with van der Waals surface area (Å²) >= 11 is 0. The minimum absolute atomic E-state index is 0.0209. The molecule has 18 heavy (non-hydrogen) atoms. The molecule has 1 heterocycles. The highest BCUT2D eigenvalue weighted by atomic mass is 16.1. The van der Waals surface area contributed by atoms with Gasteiger partial charge in [0.25, 0.3) is 5.91 Å². The molecule has 1 amide bonds. The van der Waals surface area contributed by atoms with Crippen LogP contribution in [0.3, 0.4) is 0 Å². The van der Waals surface area contributed by atoms with Gasteiger partial charge in [0, 0.05) is 23.1 Å². The SMILES string of the molecule is CCCNC(=O)c1c(C)[nH]c2cc(C)cc(C)c12.